The second-order valence-electron chi connectivity index (χ2n) is 7.00. The molecule has 1 fully saturated rings. The Morgan fingerprint density at radius 1 is 1.15 bits per heavy atom. The van der Waals surface area contributed by atoms with Crippen LogP contribution in [0.2, 0.25) is 0 Å². The van der Waals surface area contributed by atoms with Gasteiger partial charge in [0.1, 0.15) is 18.1 Å². The van der Waals surface area contributed by atoms with Crippen molar-refractivity contribution in [3.63, 3.8) is 0 Å². The van der Waals surface area contributed by atoms with E-state index in [2.05, 4.69) is 0 Å². The largest absolute Gasteiger partial charge is 0.458 e. The Balaban J connectivity index is 1.88. The van der Waals surface area contributed by atoms with Crippen molar-refractivity contribution >= 4 is 11.6 Å². The smallest absolute Gasteiger partial charge is 0.416 e. The number of halogens is 4. The molecule has 148 valence electrons. The predicted octanol–water partition coefficient (Wildman–Crippen LogP) is 7.36. The molecule has 0 N–H and O–H groups in total. The van der Waals surface area contributed by atoms with Crippen LogP contribution in [0.4, 0.5) is 13.2 Å². The van der Waals surface area contributed by atoms with Crippen LogP contribution < -0.4 is 0 Å². The van der Waals surface area contributed by atoms with E-state index in [4.69, 9.17) is 20.8 Å². The molecule has 1 aliphatic carbocycles. The Morgan fingerprint density at radius 2 is 1.81 bits per heavy atom. The summed E-state index contributed by atoms with van der Waals surface area (Å²) in [7, 11) is 0. The predicted molar refractivity (Wildman–Crippen MR) is 99.6 cm³/mol. The van der Waals surface area contributed by atoms with Crippen molar-refractivity contribution in [2.45, 2.75) is 57.2 Å². The summed E-state index contributed by atoms with van der Waals surface area (Å²) < 4.78 is 49.8. The first-order chi connectivity index (χ1) is 12.9. The second-order valence-corrected chi connectivity index (χ2v) is 7.47. The molecule has 1 heterocycles. The zero-order valence-electron chi connectivity index (χ0n) is 15.3. The summed E-state index contributed by atoms with van der Waals surface area (Å²) in [6.07, 6.45) is 1.42. The Kier molecular flexibility index (Phi) is 6.53. The lowest BCUT2D eigenvalue weighted by Gasteiger charge is -2.26. The zero-order valence-corrected chi connectivity index (χ0v) is 16.1. The van der Waals surface area contributed by atoms with Gasteiger partial charge in [-0.1, -0.05) is 31.4 Å². The summed E-state index contributed by atoms with van der Waals surface area (Å²) in [5.74, 6) is 1.58. The average Bonchev–Trinajstić information content (AvgIpc) is 3.10. The minimum atomic E-state index is -4.35. The molecule has 0 radical (unpaired) electrons. The van der Waals surface area contributed by atoms with Crippen LogP contribution in [0.15, 0.2) is 34.7 Å². The van der Waals surface area contributed by atoms with Crippen LogP contribution in [0, 0.1) is 5.92 Å². The van der Waals surface area contributed by atoms with Gasteiger partial charge in [0.25, 0.3) is 0 Å². The highest BCUT2D eigenvalue weighted by Gasteiger charge is 2.31. The van der Waals surface area contributed by atoms with Gasteiger partial charge in [-0.2, -0.15) is 13.2 Å². The second kappa shape index (κ2) is 8.70. The van der Waals surface area contributed by atoms with Crippen molar-refractivity contribution in [1.82, 2.24) is 0 Å². The van der Waals surface area contributed by atoms with Crippen LogP contribution in [-0.2, 0) is 17.5 Å². The summed E-state index contributed by atoms with van der Waals surface area (Å²) >= 11 is 6.79. The maximum absolute atomic E-state index is 12.8. The van der Waals surface area contributed by atoms with Gasteiger partial charge in [0.15, 0.2) is 0 Å². The number of ether oxygens (including phenoxy) is 1. The van der Waals surface area contributed by atoms with E-state index in [-0.39, 0.29) is 5.38 Å². The molecule has 0 spiro atoms. The van der Waals surface area contributed by atoms with E-state index in [1.807, 2.05) is 13.0 Å². The molecular formula is C21H24ClF3O2. The minimum Gasteiger partial charge on any atom is -0.458 e. The van der Waals surface area contributed by atoms with Gasteiger partial charge in [0.05, 0.1) is 10.9 Å². The lowest BCUT2D eigenvalue weighted by atomic mass is 9.84. The molecule has 1 aromatic carbocycles. The van der Waals surface area contributed by atoms with Crippen LogP contribution in [0.5, 0.6) is 0 Å². The standard InChI is InChI=1S/C21H24ClF3O2/c1-2-26-13-19-17(20(22)15-6-4-3-5-7-15)12-18(27-19)14-8-10-16(11-9-14)21(23,24)25/h8-12,15,20H,2-7,13H2,1H3. The number of hydrogen-bond acceptors (Lipinski definition) is 2. The fourth-order valence-electron chi connectivity index (χ4n) is 3.63. The maximum atomic E-state index is 12.8. The Bertz CT molecular complexity index is 731. The Labute approximate surface area is 162 Å². The zero-order chi connectivity index (χ0) is 19.4. The first-order valence-electron chi connectivity index (χ1n) is 9.42. The first kappa shape index (κ1) is 20.3. The molecule has 27 heavy (non-hydrogen) atoms. The van der Waals surface area contributed by atoms with Crippen molar-refractivity contribution in [2.24, 2.45) is 5.92 Å². The van der Waals surface area contributed by atoms with Crippen molar-refractivity contribution in [3.05, 3.63) is 47.2 Å². The molecule has 2 nitrogen and oxygen atoms in total. The van der Waals surface area contributed by atoms with Crippen LogP contribution in [0.3, 0.4) is 0 Å². The van der Waals surface area contributed by atoms with E-state index >= 15 is 0 Å². The number of rotatable bonds is 6. The van der Waals surface area contributed by atoms with Gasteiger partial charge in [-0.3, -0.25) is 0 Å². The molecule has 3 rings (SSSR count). The van der Waals surface area contributed by atoms with Crippen LogP contribution in [-0.4, -0.2) is 6.61 Å². The molecule has 1 aliphatic rings. The number of alkyl halides is 4. The SMILES string of the molecule is CCOCc1oc(-c2ccc(C(F)(F)F)cc2)cc1C(Cl)C1CCCCC1. The van der Waals surface area contributed by atoms with Crippen molar-refractivity contribution in [2.75, 3.05) is 6.61 Å². The number of benzene rings is 1. The topological polar surface area (TPSA) is 22.4 Å². The van der Waals surface area contributed by atoms with E-state index in [1.54, 1.807) is 0 Å². The Morgan fingerprint density at radius 3 is 2.41 bits per heavy atom. The summed E-state index contributed by atoms with van der Waals surface area (Å²) in [6.45, 7) is 2.76. The monoisotopic (exact) mass is 400 g/mol. The minimum absolute atomic E-state index is 0.173. The van der Waals surface area contributed by atoms with Crippen molar-refractivity contribution in [1.29, 1.82) is 0 Å². The van der Waals surface area contributed by atoms with E-state index < -0.39 is 11.7 Å². The highest BCUT2D eigenvalue weighted by molar-refractivity contribution is 6.21. The molecular weight excluding hydrogens is 377 g/mol. The van der Waals surface area contributed by atoms with Crippen LogP contribution >= 0.6 is 11.6 Å². The molecule has 0 amide bonds. The first-order valence-corrected chi connectivity index (χ1v) is 9.86. The van der Waals surface area contributed by atoms with Crippen molar-refractivity contribution in [3.8, 4) is 11.3 Å². The average molecular weight is 401 g/mol. The normalized spacial score (nSPS) is 17.2. The Hall–Kier alpha value is -1.46. The third-order valence-electron chi connectivity index (χ3n) is 5.14. The highest BCUT2D eigenvalue weighted by Crippen LogP contribution is 2.42. The van der Waals surface area contributed by atoms with Gasteiger partial charge >= 0.3 is 6.18 Å². The molecule has 1 unspecified atom stereocenters. The fraction of sp³-hybridized carbons (Fsp3) is 0.524. The maximum Gasteiger partial charge on any atom is 0.416 e. The van der Waals surface area contributed by atoms with Gasteiger partial charge in [0, 0.05) is 17.7 Å². The third kappa shape index (κ3) is 4.88. The molecule has 1 atom stereocenters. The summed E-state index contributed by atoms with van der Waals surface area (Å²) in [5.41, 5.74) is 0.816. The molecule has 1 aromatic heterocycles. The molecule has 0 saturated heterocycles. The number of hydrogen-bond donors (Lipinski definition) is 0. The summed E-state index contributed by atoms with van der Waals surface area (Å²) in [4.78, 5) is 0. The third-order valence-corrected chi connectivity index (χ3v) is 5.73. The van der Waals surface area contributed by atoms with Crippen molar-refractivity contribution < 1.29 is 22.3 Å². The quantitative estimate of drug-likeness (QED) is 0.472. The molecule has 0 aliphatic heterocycles. The summed E-state index contributed by atoms with van der Waals surface area (Å²) in [6, 6.07) is 6.86. The van der Waals surface area contributed by atoms with Gasteiger partial charge in [-0.25, -0.2) is 0 Å². The van der Waals surface area contributed by atoms with Gasteiger partial charge < -0.3 is 9.15 Å². The van der Waals surface area contributed by atoms with E-state index in [0.717, 1.165) is 30.5 Å². The van der Waals surface area contributed by atoms with Crippen LogP contribution in [0.25, 0.3) is 11.3 Å². The van der Waals surface area contributed by atoms with Gasteiger partial charge in [0.2, 0.25) is 0 Å². The summed E-state index contributed by atoms with van der Waals surface area (Å²) in [5, 5.41) is -0.173. The van der Waals surface area contributed by atoms with Crippen LogP contribution in [0.1, 0.15) is 61.3 Å². The van der Waals surface area contributed by atoms with E-state index in [0.29, 0.717) is 36.2 Å². The van der Waals surface area contributed by atoms with Gasteiger partial charge in [-0.05, 0) is 43.9 Å². The lowest BCUT2D eigenvalue weighted by Crippen LogP contribution is -2.13. The molecule has 1 saturated carbocycles. The van der Waals surface area contributed by atoms with E-state index in [9.17, 15) is 13.2 Å². The fourth-order valence-corrected chi connectivity index (χ4v) is 4.07. The molecule has 0 bridgehead atoms. The number of furan rings is 1. The lowest BCUT2D eigenvalue weighted by molar-refractivity contribution is -0.137. The molecule has 6 heteroatoms. The highest BCUT2D eigenvalue weighted by atomic mass is 35.5. The van der Waals surface area contributed by atoms with E-state index in [1.165, 1.54) is 31.4 Å². The van der Waals surface area contributed by atoms with Gasteiger partial charge in [-0.15, -0.1) is 11.6 Å². The molecule has 2 aromatic rings.